The molecule has 0 aliphatic carbocycles. The second-order valence-electron chi connectivity index (χ2n) is 5.20. The Kier molecular flexibility index (Phi) is 7.69. The summed E-state index contributed by atoms with van der Waals surface area (Å²) in [5.41, 5.74) is 5.25. The first-order chi connectivity index (χ1) is 10.9. The predicted molar refractivity (Wildman–Crippen MR) is 93.5 cm³/mol. The Hall–Kier alpha value is -2.48. The molecule has 0 aromatic heterocycles. The van der Waals surface area contributed by atoms with E-state index in [9.17, 15) is 14.9 Å². The summed E-state index contributed by atoms with van der Waals surface area (Å²) in [5, 5.41) is 14.1. The van der Waals surface area contributed by atoms with Crippen molar-refractivity contribution in [2.45, 2.75) is 20.3 Å². The Morgan fingerprint density at radius 2 is 2.04 bits per heavy atom. The molecule has 0 aliphatic heterocycles. The standard InChI is InChI=1S/C15H20N4O3S/c1-11(2)9-10-16-15(23)18-17-14(20)8-7-12-5-3-4-6-13(12)19(21)22/h3-8,11H,9-10H2,1-2H3,(H,17,20)(H2,16,18,23)/b8-7+. The number of thiocarbonyl (C=S) groups is 1. The van der Waals surface area contributed by atoms with Crippen LogP contribution in [0.4, 0.5) is 5.69 Å². The maximum atomic E-state index is 11.7. The Labute approximate surface area is 140 Å². The van der Waals surface area contributed by atoms with Gasteiger partial charge in [-0.25, -0.2) is 0 Å². The highest BCUT2D eigenvalue weighted by molar-refractivity contribution is 7.80. The molecule has 23 heavy (non-hydrogen) atoms. The van der Waals surface area contributed by atoms with E-state index in [1.165, 1.54) is 18.2 Å². The second kappa shape index (κ2) is 9.52. The SMILES string of the molecule is CC(C)CCNC(=S)NNC(=O)/C=C/c1ccccc1[N+](=O)[O-]. The number of amides is 1. The number of hydrazine groups is 1. The highest BCUT2D eigenvalue weighted by Gasteiger charge is 2.09. The topological polar surface area (TPSA) is 96.3 Å². The summed E-state index contributed by atoms with van der Waals surface area (Å²) in [6, 6.07) is 6.17. The number of benzene rings is 1. The zero-order valence-corrected chi connectivity index (χ0v) is 13.9. The highest BCUT2D eigenvalue weighted by Crippen LogP contribution is 2.18. The molecule has 8 heteroatoms. The number of nitrogens with one attached hydrogen (secondary N) is 3. The summed E-state index contributed by atoms with van der Waals surface area (Å²) >= 11 is 5.01. The number of hydrogen-bond donors (Lipinski definition) is 3. The number of nitro groups is 1. The van der Waals surface area contributed by atoms with Crippen LogP contribution in [0.25, 0.3) is 6.08 Å². The van der Waals surface area contributed by atoms with Crippen molar-refractivity contribution in [3.63, 3.8) is 0 Å². The maximum absolute atomic E-state index is 11.7. The largest absolute Gasteiger partial charge is 0.361 e. The van der Waals surface area contributed by atoms with Crippen molar-refractivity contribution in [2.24, 2.45) is 5.92 Å². The van der Waals surface area contributed by atoms with Gasteiger partial charge in [-0.05, 0) is 36.7 Å². The van der Waals surface area contributed by atoms with Gasteiger partial charge in [-0.3, -0.25) is 25.8 Å². The minimum Gasteiger partial charge on any atom is -0.361 e. The van der Waals surface area contributed by atoms with Gasteiger partial charge >= 0.3 is 0 Å². The van der Waals surface area contributed by atoms with Gasteiger partial charge in [-0.2, -0.15) is 0 Å². The van der Waals surface area contributed by atoms with Gasteiger partial charge in [-0.15, -0.1) is 0 Å². The summed E-state index contributed by atoms with van der Waals surface area (Å²) in [6.45, 7) is 4.92. The summed E-state index contributed by atoms with van der Waals surface area (Å²) in [5.74, 6) is 0.0978. The van der Waals surface area contributed by atoms with Crippen molar-refractivity contribution >= 4 is 35.0 Å². The van der Waals surface area contributed by atoms with Gasteiger partial charge in [0.2, 0.25) is 0 Å². The van der Waals surface area contributed by atoms with E-state index < -0.39 is 10.8 Å². The Bertz CT molecular complexity index is 602. The normalized spacial score (nSPS) is 10.6. The van der Waals surface area contributed by atoms with Gasteiger partial charge in [-0.1, -0.05) is 26.0 Å². The van der Waals surface area contributed by atoms with Gasteiger partial charge in [0.1, 0.15) is 0 Å². The molecule has 1 aromatic carbocycles. The minimum absolute atomic E-state index is 0.0598. The van der Waals surface area contributed by atoms with Crippen molar-refractivity contribution in [1.82, 2.24) is 16.2 Å². The van der Waals surface area contributed by atoms with Gasteiger partial charge in [0, 0.05) is 18.7 Å². The molecule has 1 rings (SSSR count). The fourth-order valence-electron chi connectivity index (χ4n) is 1.64. The molecular weight excluding hydrogens is 316 g/mol. The van der Waals surface area contributed by atoms with Crippen LogP contribution in [0.2, 0.25) is 0 Å². The number of carbonyl (C=O) groups is 1. The van der Waals surface area contributed by atoms with Crippen LogP contribution in [0.3, 0.4) is 0 Å². The molecule has 0 unspecified atom stereocenters. The molecule has 1 aromatic rings. The average molecular weight is 336 g/mol. The van der Waals surface area contributed by atoms with Crippen LogP contribution in [0.15, 0.2) is 30.3 Å². The number of nitrogens with zero attached hydrogens (tertiary/aromatic N) is 1. The molecule has 0 aliphatic rings. The lowest BCUT2D eigenvalue weighted by atomic mass is 10.1. The summed E-state index contributed by atoms with van der Waals surface area (Å²) in [7, 11) is 0. The highest BCUT2D eigenvalue weighted by atomic mass is 32.1. The van der Waals surface area contributed by atoms with Crippen molar-refractivity contribution < 1.29 is 9.72 Å². The lowest BCUT2D eigenvalue weighted by molar-refractivity contribution is -0.385. The zero-order chi connectivity index (χ0) is 17.2. The number of carbonyl (C=O) groups excluding carboxylic acids is 1. The first-order valence-electron chi connectivity index (χ1n) is 7.15. The molecule has 0 radical (unpaired) electrons. The lowest BCUT2D eigenvalue weighted by Crippen LogP contribution is -2.46. The first-order valence-corrected chi connectivity index (χ1v) is 7.56. The van der Waals surface area contributed by atoms with Gasteiger partial charge in [0.25, 0.3) is 11.6 Å². The molecule has 0 saturated carbocycles. The van der Waals surface area contributed by atoms with E-state index in [1.807, 2.05) is 0 Å². The van der Waals surface area contributed by atoms with E-state index in [2.05, 4.69) is 30.0 Å². The van der Waals surface area contributed by atoms with Crippen LogP contribution in [0.5, 0.6) is 0 Å². The molecular formula is C15H20N4O3S. The molecule has 0 fully saturated rings. The quantitative estimate of drug-likeness (QED) is 0.319. The number of nitro benzene ring substituents is 1. The molecule has 0 spiro atoms. The fraction of sp³-hybridized carbons (Fsp3) is 0.333. The van der Waals surface area contributed by atoms with Crippen LogP contribution in [0, 0.1) is 16.0 Å². The Balaban J connectivity index is 2.45. The average Bonchev–Trinajstić information content (AvgIpc) is 2.50. The third kappa shape index (κ3) is 7.37. The van der Waals surface area contributed by atoms with Crippen LogP contribution in [0.1, 0.15) is 25.8 Å². The van der Waals surface area contributed by atoms with Crippen LogP contribution in [-0.4, -0.2) is 22.5 Å². The maximum Gasteiger partial charge on any atom is 0.276 e. The van der Waals surface area contributed by atoms with Crippen molar-refractivity contribution in [1.29, 1.82) is 0 Å². The zero-order valence-electron chi connectivity index (χ0n) is 13.0. The van der Waals surface area contributed by atoms with E-state index in [1.54, 1.807) is 18.2 Å². The molecule has 0 bridgehead atoms. The Morgan fingerprint density at radius 1 is 1.35 bits per heavy atom. The first kappa shape index (κ1) is 18.6. The molecule has 0 saturated heterocycles. The molecule has 0 atom stereocenters. The minimum atomic E-state index is -0.496. The van der Waals surface area contributed by atoms with E-state index in [-0.39, 0.29) is 5.69 Å². The van der Waals surface area contributed by atoms with Crippen molar-refractivity contribution in [3.8, 4) is 0 Å². The van der Waals surface area contributed by atoms with Crippen molar-refractivity contribution in [2.75, 3.05) is 6.54 Å². The third-order valence-corrected chi connectivity index (χ3v) is 3.10. The van der Waals surface area contributed by atoms with Gasteiger partial charge in [0.05, 0.1) is 10.5 Å². The Morgan fingerprint density at radius 3 is 2.70 bits per heavy atom. The predicted octanol–water partition coefficient (Wildman–Crippen LogP) is 2.15. The molecule has 0 heterocycles. The van der Waals surface area contributed by atoms with E-state index in [4.69, 9.17) is 12.2 Å². The lowest BCUT2D eigenvalue weighted by Gasteiger charge is -2.11. The third-order valence-electron chi connectivity index (χ3n) is 2.85. The monoisotopic (exact) mass is 336 g/mol. The number of para-hydroxylation sites is 1. The molecule has 3 N–H and O–H groups in total. The van der Waals surface area contributed by atoms with Crippen LogP contribution < -0.4 is 16.2 Å². The summed E-state index contributed by atoms with van der Waals surface area (Å²) in [4.78, 5) is 22.0. The van der Waals surface area contributed by atoms with Gasteiger partial charge < -0.3 is 5.32 Å². The molecule has 1 amide bonds. The van der Waals surface area contributed by atoms with Crippen molar-refractivity contribution in [3.05, 3.63) is 46.0 Å². The summed E-state index contributed by atoms with van der Waals surface area (Å²) < 4.78 is 0. The number of hydrogen-bond acceptors (Lipinski definition) is 4. The second-order valence-corrected chi connectivity index (χ2v) is 5.61. The van der Waals surface area contributed by atoms with Crippen LogP contribution in [-0.2, 0) is 4.79 Å². The van der Waals surface area contributed by atoms with E-state index in [0.29, 0.717) is 23.1 Å². The van der Waals surface area contributed by atoms with E-state index >= 15 is 0 Å². The summed E-state index contributed by atoms with van der Waals surface area (Å²) in [6.07, 6.45) is 3.55. The van der Waals surface area contributed by atoms with E-state index in [0.717, 1.165) is 6.42 Å². The fourth-order valence-corrected chi connectivity index (χ4v) is 1.79. The molecule has 7 nitrogen and oxygen atoms in total. The van der Waals surface area contributed by atoms with Crippen LogP contribution >= 0.6 is 12.2 Å². The molecule has 124 valence electrons. The number of rotatable bonds is 6. The smallest absolute Gasteiger partial charge is 0.276 e. The van der Waals surface area contributed by atoms with Gasteiger partial charge in [0.15, 0.2) is 5.11 Å².